The van der Waals surface area contributed by atoms with Crippen molar-refractivity contribution in [2.24, 2.45) is 0 Å². The van der Waals surface area contributed by atoms with Gasteiger partial charge in [-0.15, -0.1) is 11.3 Å². The highest BCUT2D eigenvalue weighted by atomic mass is 32.1. The number of aromatic nitrogens is 1. The number of amides is 2. The lowest BCUT2D eigenvalue weighted by Gasteiger charge is -2.05. The summed E-state index contributed by atoms with van der Waals surface area (Å²) in [7, 11) is 0. The van der Waals surface area contributed by atoms with E-state index in [-0.39, 0.29) is 6.03 Å². The van der Waals surface area contributed by atoms with Crippen LogP contribution in [-0.2, 0) is 0 Å². The topological polar surface area (TPSA) is 80.0 Å². The van der Waals surface area contributed by atoms with E-state index in [0.29, 0.717) is 16.5 Å². The Morgan fingerprint density at radius 3 is 2.62 bits per heavy atom. The number of hydrogen-bond acceptors (Lipinski definition) is 4. The second kappa shape index (κ2) is 4.63. The molecule has 2 rings (SSSR count). The first-order valence-corrected chi connectivity index (χ1v) is 5.45. The first-order valence-electron chi connectivity index (χ1n) is 4.57. The molecule has 2 aromatic rings. The zero-order valence-electron chi connectivity index (χ0n) is 8.31. The van der Waals surface area contributed by atoms with Gasteiger partial charge in [0.15, 0.2) is 5.13 Å². The van der Waals surface area contributed by atoms with Crippen LogP contribution in [0.3, 0.4) is 0 Å². The number of carbonyl (C=O) groups excluding carboxylic acids is 1. The molecule has 0 aliphatic heterocycles. The lowest BCUT2D eigenvalue weighted by molar-refractivity contribution is 0.262. The highest BCUT2D eigenvalue weighted by Crippen LogP contribution is 2.13. The van der Waals surface area contributed by atoms with E-state index in [4.69, 9.17) is 5.73 Å². The van der Waals surface area contributed by atoms with Gasteiger partial charge in [-0.05, 0) is 24.3 Å². The molecule has 0 saturated carbocycles. The maximum Gasteiger partial charge on any atom is 0.325 e. The van der Waals surface area contributed by atoms with Crippen molar-refractivity contribution in [2.45, 2.75) is 0 Å². The van der Waals surface area contributed by atoms with Gasteiger partial charge in [0.05, 0.1) is 0 Å². The van der Waals surface area contributed by atoms with Crippen LogP contribution in [0, 0.1) is 0 Å². The first-order chi connectivity index (χ1) is 7.74. The summed E-state index contributed by atoms with van der Waals surface area (Å²) in [6.45, 7) is 0. The van der Waals surface area contributed by atoms with Crippen molar-refractivity contribution in [3.05, 3.63) is 35.8 Å². The summed E-state index contributed by atoms with van der Waals surface area (Å²) in [5, 5.41) is 7.63. The minimum absolute atomic E-state index is 0.320. The summed E-state index contributed by atoms with van der Waals surface area (Å²) in [6.07, 6.45) is 1.63. The van der Waals surface area contributed by atoms with E-state index in [1.54, 1.807) is 35.8 Å². The molecule has 16 heavy (non-hydrogen) atoms. The number of thiazole rings is 1. The maximum absolute atomic E-state index is 11.5. The number of carbonyl (C=O) groups is 1. The number of nitrogens with zero attached hydrogens (tertiary/aromatic N) is 1. The van der Waals surface area contributed by atoms with Crippen molar-refractivity contribution >= 4 is 33.9 Å². The average molecular weight is 234 g/mol. The van der Waals surface area contributed by atoms with Gasteiger partial charge in [-0.25, -0.2) is 9.78 Å². The number of anilines is 3. The molecular formula is C10H10N4OS. The molecule has 0 fully saturated rings. The van der Waals surface area contributed by atoms with Gasteiger partial charge < -0.3 is 11.1 Å². The third-order valence-electron chi connectivity index (χ3n) is 1.82. The zero-order chi connectivity index (χ0) is 11.4. The number of nitrogen functional groups attached to an aromatic ring is 1. The van der Waals surface area contributed by atoms with Crippen LogP contribution in [0.25, 0.3) is 0 Å². The average Bonchev–Trinajstić information content (AvgIpc) is 2.74. The molecule has 0 unspecified atom stereocenters. The largest absolute Gasteiger partial charge is 0.399 e. The Bertz CT molecular complexity index is 466. The fraction of sp³-hybridized carbons (Fsp3) is 0. The molecule has 1 heterocycles. The van der Waals surface area contributed by atoms with Crippen LogP contribution in [0.2, 0.25) is 0 Å². The third-order valence-corrected chi connectivity index (χ3v) is 2.51. The Morgan fingerprint density at radius 2 is 2.00 bits per heavy atom. The molecular weight excluding hydrogens is 224 g/mol. The molecule has 6 heteroatoms. The molecule has 5 nitrogen and oxygen atoms in total. The van der Waals surface area contributed by atoms with Gasteiger partial charge in [-0.2, -0.15) is 0 Å². The molecule has 1 aromatic heterocycles. The summed E-state index contributed by atoms with van der Waals surface area (Å²) in [6, 6.07) is 6.59. The van der Waals surface area contributed by atoms with E-state index in [1.165, 1.54) is 11.3 Å². The molecule has 0 saturated heterocycles. The minimum Gasteiger partial charge on any atom is -0.399 e. The molecule has 0 atom stereocenters. The van der Waals surface area contributed by atoms with E-state index >= 15 is 0 Å². The van der Waals surface area contributed by atoms with Crippen molar-refractivity contribution < 1.29 is 4.79 Å². The predicted molar refractivity (Wildman–Crippen MR) is 65.6 cm³/mol. The Morgan fingerprint density at radius 1 is 1.25 bits per heavy atom. The maximum atomic E-state index is 11.5. The SMILES string of the molecule is Nc1ccc(NC(=O)Nc2nccs2)cc1. The lowest BCUT2D eigenvalue weighted by Crippen LogP contribution is -2.19. The number of nitrogens with two attached hydrogens (primary N) is 1. The van der Waals surface area contributed by atoms with E-state index in [9.17, 15) is 4.79 Å². The summed E-state index contributed by atoms with van der Waals surface area (Å²) >= 11 is 1.36. The fourth-order valence-electron chi connectivity index (χ4n) is 1.11. The number of rotatable bonds is 2. The molecule has 0 radical (unpaired) electrons. The Kier molecular flexibility index (Phi) is 3.02. The molecule has 82 valence electrons. The van der Waals surface area contributed by atoms with E-state index in [2.05, 4.69) is 15.6 Å². The molecule has 0 aliphatic rings. The number of nitrogens with one attached hydrogen (secondary N) is 2. The van der Waals surface area contributed by atoms with Gasteiger partial charge >= 0.3 is 6.03 Å². The third kappa shape index (κ3) is 2.71. The summed E-state index contributed by atoms with van der Waals surface area (Å²) in [4.78, 5) is 15.4. The van der Waals surface area contributed by atoms with Crippen molar-refractivity contribution in [3.63, 3.8) is 0 Å². The van der Waals surface area contributed by atoms with E-state index in [1.807, 2.05) is 0 Å². The molecule has 0 spiro atoms. The predicted octanol–water partition coefficient (Wildman–Crippen LogP) is 2.37. The number of hydrogen-bond donors (Lipinski definition) is 3. The molecule has 1 aromatic carbocycles. The Labute approximate surface area is 96.3 Å². The quantitative estimate of drug-likeness (QED) is 0.698. The van der Waals surface area contributed by atoms with E-state index < -0.39 is 0 Å². The molecule has 2 amide bonds. The minimum atomic E-state index is -0.320. The van der Waals surface area contributed by atoms with Gasteiger partial charge in [-0.3, -0.25) is 5.32 Å². The Hall–Kier alpha value is -2.08. The summed E-state index contributed by atoms with van der Waals surface area (Å²) in [5.74, 6) is 0. The van der Waals surface area contributed by atoms with Crippen LogP contribution in [0.4, 0.5) is 21.3 Å². The second-order valence-electron chi connectivity index (χ2n) is 3.04. The van der Waals surface area contributed by atoms with Crippen LogP contribution < -0.4 is 16.4 Å². The van der Waals surface area contributed by atoms with Crippen molar-refractivity contribution in [1.82, 2.24) is 4.98 Å². The van der Waals surface area contributed by atoms with Crippen molar-refractivity contribution in [3.8, 4) is 0 Å². The Balaban J connectivity index is 1.95. The number of benzene rings is 1. The highest BCUT2D eigenvalue weighted by Gasteiger charge is 2.03. The van der Waals surface area contributed by atoms with Gasteiger partial charge in [0, 0.05) is 23.0 Å². The van der Waals surface area contributed by atoms with Crippen molar-refractivity contribution in [1.29, 1.82) is 0 Å². The fourth-order valence-corrected chi connectivity index (χ4v) is 1.64. The van der Waals surface area contributed by atoms with Crippen LogP contribution in [0.15, 0.2) is 35.8 Å². The van der Waals surface area contributed by atoms with Gasteiger partial charge in [-0.1, -0.05) is 0 Å². The normalized spacial score (nSPS) is 9.75. The lowest BCUT2D eigenvalue weighted by atomic mass is 10.3. The first kappa shape index (κ1) is 10.4. The molecule has 4 N–H and O–H groups in total. The van der Waals surface area contributed by atoms with Crippen LogP contribution in [0.1, 0.15) is 0 Å². The van der Waals surface area contributed by atoms with Crippen molar-refractivity contribution in [2.75, 3.05) is 16.4 Å². The zero-order valence-corrected chi connectivity index (χ0v) is 9.12. The van der Waals surface area contributed by atoms with Crippen LogP contribution in [0.5, 0.6) is 0 Å². The van der Waals surface area contributed by atoms with Crippen LogP contribution in [-0.4, -0.2) is 11.0 Å². The highest BCUT2D eigenvalue weighted by molar-refractivity contribution is 7.13. The van der Waals surface area contributed by atoms with E-state index in [0.717, 1.165) is 0 Å². The van der Waals surface area contributed by atoms with Gasteiger partial charge in [0.25, 0.3) is 0 Å². The van der Waals surface area contributed by atoms with Gasteiger partial charge in [0.2, 0.25) is 0 Å². The smallest absolute Gasteiger partial charge is 0.325 e. The van der Waals surface area contributed by atoms with Crippen LogP contribution >= 0.6 is 11.3 Å². The second-order valence-corrected chi connectivity index (χ2v) is 3.93. The monoisotopic (exact) mass is 234 g/mol. The molecule has 0 bridgehead atoms. The molecule has 0 aliphatic carbocycles. The van der Waals surface area contributed by atoms with Gasteiger partial charge in [0.1, 0.15) is 0 Å². The summed E-state index contributed by atoms with van der Waals surface area (Å²) < 4.78 is 0. The standard InChI is InChI=1S/C10H10N4OS/c11-7-1-3-8(4-2-7)13-9(15)14-10-12-5-6-16-10/h1-6H,11H2,(H2,12,13,14,15). The summed E-state index contributed by atoms with van der Waals surface area (Å²) in [5.41, 5.74) is 6.87. The number of urea groups is 1.